The van der Waals surface area contributed by atoms with Crippen molar-refractivity contribution in [3.8, 4) is 5.69 Å². The fraction of sp³-hybridized carbons (Fsp3) is 0.133. The van der Waals surface area contributed by atoms with E-state index in [0.29, 0.717) is 9.79 Å². The monoisotopic (exact) mass is 288 g/mol. The lowest BCUT2D eigenvalue weighted by molar-refractivity contribution is 1.06. The Balaban J connectivity index is 2.43. The van der Waals surface area contributed by atoms with Crippen LogP contribution in [-0.2, 0) is 0 Å². The predicted molar refractivity (Wildman–Crippen MR) is 82.9 cm³/mol. The summed E-state index contributed by atoms with van der Waals surface area (Å²) < 4.78 is 2.66. The summed E-state index contributed by atoms with van der Waals surface area (Å²) in [6.45, 7) is 4.11. The SMILES string of the molecule is Cc1ccc(Cl)c(-n2c(=S)[nH]c3c(C)cccc32)c1. The number of aromatic amines is 1. The molecule has 3 rings (SSSR count). The van der Waals surface area contributed by atoms with E-state index in [4.69, 9.17) is 23.8 Å². The van der Waals surface area contributed by atoms with Gasteiger partial charge in [0.1, 0.15) is 0 Å². The normalized spacial score (nSPS) is 11.1. The molecule has 0 radical (unpaired) electrons. The molecule has 96 valence electrons. The Kier molecular flexibility index (Phi) is 2.96. The Hall–Kier alpha value is -1.58. The topological polar surface area (TPSA) is 20.7 Å². The Morgan fingerprint density at radius 2 is 1.95 bits per heavy atom. The number of H-pyrrole nitrogens is 1. The van der Waals surface area contributed by atoms with E-state index in [-0.39, 0.29) is 0 Å². The molecule has 3 aromatic rings. The standard InChI is InChI=1S/C15H13ClN2S/c1-9-6-7-11(16)13(8-9)18-12-5-3-4-10(2)14(12)17-15(18)19/h3-8H,1-2H3,(H,17,19). The molecular weight excluding hydrogens is 276 g/mol. The molecule has 0 aliphatic heterocycles. The van der Waals surface area contributed by atoms with Crippen molar-refractivity contribution in [2.45, 2.75) is 13.8 Å². The summed E-state index contributed by atoms with van der Waals surface area (Å²) in [5.74, 6) is 0. The van der Waals surface area contributed by atoms with Crippen LogP contribution in [0.2, 0.25) is 5.02 Å². The molecule has 0 saturated heterocycles. The maximum atomic E-state index is 6.32. The van der Waals surface area contributed by atoms with E-state index in [1.54, 1.807) is 0 Å². The number of aryl methyl sites for hydroxylation is 2. The molecule has 4 heteroatoms. The van der Waals surface area contributed by atoms with E-state index in [0.717, 1.165) is 22.3 Å². The summed E-state index contributed by atoms with van der Waals surface area (Å²) in [5, 5.41) is 0.698. The van der Waals surface area contributed by atoms with Gasteiger partial charge in [-0.2, -0.15) is 0 Å². The number of hydrogen-bond acceptors (Lipinski definition) is 1. The number of rotatable bonds is 1. The van der Waals surface area contributed by atoms with E-state index in [9.17, 15) is 0 Å². The number of halogens is 1. The number of nitrogens with one attached hydrogen (secondary N) is 1. The molecule has 0 aliphatic carbocycles. The minimum Gasteiger partial charge on any atom is -0.330 e. The third kappa shape index (κ3) is 1.99. The van der Waals surface area contributed by atoms with Gasteiger partial charge in [-0.15, -0.1) is 0 Å². The van der Waals surface area contributed by atoms with Crippen molar-refractivity contribution in [1.29, 1.82) is 0 Å². The molecule has 0 fully saturated rings. The highest BCUT2D eigenvalue weighted by atomic mass is 35.5. The van der Waals surface area contributed by atoms with Crippen LogP contribution in [0, 0.1) is 18.6 Å². The summed E-state index contributed by atoms with van der Waals surface area (Å²) >= 11 is 11.8. The van der Waals surface area contributed by atoms with Crippen LogP contribution in [0.3, 0.4) is 0 Å². The smallest absolute Gasteiger partial charge is 0.182 e. The van der Waals surface area contributed by atoms with Crippen molar-refractivity contribution in [2.24, 2.45) is 0 Å². The van der Waals surface area contributed by atoms with Gasteiger partial charge >= 0.3 is 0 Å². The van der Waals surface area contributed by atoms with Crippen LogP contribution in [0.4, 0.5) is 0 Å². The maximum Gasteiger partial charge on any atom is 0.182 e. The van der Waals surface area contributed by atoms with Gasteiger partial charge < -0.3 is 4.98 Å². The molecule has 0 saturated carbocycles. The van der Waals surface area contributed by atoms with Crippen molar-refractivity contribution < 1.29 is 0 Å². The quantitative estimate of drug-likeness (QED) is 0.628. The van der Waals surface area contributed by atoms with Crippen molar-refractivity contribution in [3.63, 3.8) is 0 Å². The number of aromatic nitrogens is 2. The van der Waals surface area contributed by atoms with Gasteiger partial charge in [0.05, 0.1) is 21.7 Å². The van der Waals surface area contributed by atoms with Gasteiger partial charge in [-0.25, -0.2) is 0 Å². The molecule has 2 nitrogen and oxygen atoms in total. The molecule has 0 aliphatic rings. The van der Waals surface area contributed by atoms with Crippen LogP contribution in [0.25, 0.3) is 16.7 Å². The van der Waals surface area contributed by atoms with Gasteiger partial charge in [-0.3, -0.25) is 4.57 Å². The Morgan fingerprint density at radius 3 is 2.74 bits per heavy atom. The van der Waals surface area contributed by atoms with Crippen LogP contribution in [0.5, 0.6) is 0 Å². The van der Waals surface area contributed by atoms with Crippen molar-refractivity contribution in [1.82, 2.24) is 9.55 Å². The number of hydrogen-bond donors (Lipinski definition) is 1. The number of nitrogens with zero attached hydrogens (tertiary/aromatic N) is 1. The summed E-state index contributed by atoms with van der Waals surface area (Å²) in [6, 6.07) is 12.1. The number of para-hydroxylation sites is 1. The first-order chi connectivity index (χ1) is 9.08. The van der Waals surface area contributed by atoms with Gasteiger partial charge in [-0.05, 0) is 55.4 Å². The molecule has 19 heavy (non-hydrogen) atoms. The van der Waals surface area contributed by atoms with E-state index in [1.807, 2.05) is 41.8 Å². The van der Waals surface area contributed by atoms with Crippen molar-refractivity contribution >= 4 is 34.9 Å². The highest BCUT2D eigenvalue weighted by Crippen LogP contribution is 2.27. The molecule has 1 heterocycles. The first-order valence-corrected chi connectivity index (χ1v) is 6.83. The fourth-order valence-corrected chi connectivity index (χ4v) is 2.81. The Bertz CT molecular complexity index is 830. The minimum atomic E-state index is 0.664. The van der Waals surface area contributed by atoms with Crippen LogP contribution < -0.4 is 0 Å². The van der Waals surface area contributed by atoms with Crippen LogP contribution in [0.15, 0.2) is 36.4 Å². The lowest BCUT2D eigenvalue weighted by Crippen LogP contribution is -1.95. The largest absolute Gasteiger partial charge is 0.330 e. The van der Waals surface area contributed by atoms with Gasteiger partial charge in [0, 0.05) is 0 Å². The lowest BCUT2D eigenvalue weighted by Gasteiger charge is -2.08. The highest BCUT2D eigenvalue weighted by molar-refractivity contribution is 7.71. The molecule has 0 amide bonds. The molecule has 1 aromatic heterocycles. The summed E-state index contributed by atoms with van der Waals surface area (Å²) in [6.07, 6.45) is 0. The zero-order valence-corrected chi connectivity index (χ0v) is 12.3. The average molecular weight is 289 g/mol. The molecule has 1 N–H and O–H groups in total. The highest BCUT2D eigenvalue weighted by Gasteiger charge is 2.10. The third-order valence-electron chi connectivity index (χ3n) is 3.27. The summed E-state index contributed by atoms with van der Waals surface area (Å²) in [4.78, 5) is 3.26. The van der Waals surface area contributed by atoms with Crippen LogP contribution in [-0.4, -0.2) is 9.55 Å². The Morgan fingerprint density at radius 1 is 1.16 bits per heavy atom. The van der Waals surface area contributed by atoms with Gasteiger partial charge in [-0.1, -0.05) is 29.8 Å². The van der Waals surface area contributed by atoms with Crippen LogP contribution in [0.1, 0.15) is 11.1 Å². The maximum absolute atomic E-state index is 6.32. The van der Waals surface area contributed by atoms with Crippen molar-refractivity contribution in [2.75, 3.05) is 0 Å². The fourth-order valence-electron chi connectivity index (χ4n) is 2.31. The molecular formula is C15H13ClN2S. The van der Waals surface area contributed by atoms with Gasteiger partial charge in [0.25, 0.3) is 0 Å². The lowest BCUT2D eigenvalue weighted by atomic mass is 10.2. The second-order valence-electron chi connectivity index (χ2n) is 4.69. The Labute approximate surface area is 121 Å². The van der Waals surface area contributed by atoms with E-state index >= 15 is 0 Å². The number of fused-ring (bicyclic) bond motifs is 1. The molecule has 0 unspecified atom stereocenters. The number of benzene rings is 2. The minimum absolute atomic E-state index is 0.664. The first kappa shape index (κ1) is 12.5. The van der Waals surface area contributed by atoms with E-state index in [2.05, 4.69) is 18.0 Å². The second kappa shape index (κ2) is 4.51. The molecule has 0 spiro atoms. The molecule has 0 atom stereocenters. The second-order valence-corrected chi connectivity index (χ2v) is 5.48. The van der Waals surface area contributed by atoms with E-state index in [1.165, 1.54) is 5.56 Å². The van der Waals surface area contributed by atoms with Crippen LogP contribution >= 0.6 is 23.8 Å². The first-order valence-electron chi connectivity index (χ1n) is 6.05. The van der Waals surface area contributed by atoms with Gasteiger partial charge in [0.15, 0.2) is 4.77 Å². The predicted octanol–water partition coefficient (Wildman–Crippen LogP) is 4.96. The summed E-state index contributed by atoms with van der Waals surface area (Å²) in [5.41, 5.74) is 5.36. The average Bonchev–Trinajstić information content (AvgIpc) is 2.70. The third-order valence-corrected chi connectivity index (χ3v) is 3.87. The van der Waals surface area contributed by atoms with Gasteiger partial charge in [0.2, 0.25) is 0 Å². The molecule has 2 aromatic carbocycles. The zero-order chi connectivity index (χ0) is 13.6. The number of imidazole rings is 1. The van der Waals surface area contributed by atoms with E-state index < -0.39 is 0 Å². The summed E-state index contributed by atoms with van der Waals surface area (Å²) in [7, 11) is 0. The van der Waals surface area contributed by atoms with Crippen molar-refractivity contribution in [3.05, 3.63) is 57.3 Å². The molecule has 0 bridgehead atoms. The zero-order valence-electron chi connectivity index (χ0n) is 10.7.